The van der Waals surface area contributed by atoms with Crippen LogP contribution in [0.4, 0.5) is 5.82 Å². The van der Waals surface area contributed by atoms with Crippen molar-refractivity contribution in [1.29, 1.82) is 0 Å². The quantitative estimate of drug-likeness (QED) is 0.910. The van der Waals surface area contributed by atoms with Crippen molar-refractivity contribution >= 4 is 5.82 Å². The van der Waals surface area contributed by atoms with E-state index in [1.807, 2.05) is 25.2 Å². The first-order valence-corrected chi connectivity index (χ1v) is 6.90. The number of benzene rings is 1. The summed E-state index contributed by atoms with van der Waals surface area (Å²) < 4.78 is 16.2. The molecule has 0 atom stereocenters. The maximum absolute atomic E-state index is 5.49. The number of hydrogen-bond donors (Lipinski definition) is 1. The van der Waals surface area contributed by atoms with E-state index < -0.39 is 0 Å². The molecule has 2 aliphatic heterocycles. The lowest BCUT2D eigenvalue weighted by Gasteiger charge is -2.19. The molecule has 0 saturated heterocycles. The number of fused-ring (bicyclic) bond motifs is 2. The van der Waals surface area contributed by atoms with Crippen molar-refractivity contribution in [2.45, 2.75) is 13.0 Å². The molecule has 4 rings (SSSR count). The van der Waals surface area contributed by atoms with Crippen LogP contribution < -0.4 is 14.8 Å². The summed E-state index contributed by atoms with van der Waals surface area (Å²) in [5.74, 6) is 3.02. The third-order valence-electron chi connectivity index (χ3n) is 3.69. The monoisotopic (exact) mass is 285 g/mol. The molecule has 0 aliphatic carbocycles. The van der Waals surface area contributed by atoms with Crippen LogP contribution in [0.25, 0.3) is 11.4 Å². The van der Waals surface area contributed by atoms with Gasteiger partial charge in [-0.15, -0.1) is 0 Å². The van der Waals surface area contributed by atoms with Crippen LogP contribution >= 0.6 is 0 Å². The van der Waals surface area contributed by atoms with Gasteiger partial charge in [0.15, 0.2) is 17.3 Å². The Balaban J connectivity index is 1.81. The Bertz CT molecular complexity index is 686. The number of aromatic nitrogens is 2. The van der Waals surface area contributed by atoms with Gasteiger partial charge in [-0.2, -0.15) is 0 Å². The highest BCUT2D eigenvalue weighted by molar-refractivity contribution is 5.64. The van der Waals surface area contributed by atoms with Crippen molar-refractivity contribution in [2.75, 3.05) is 25.8 Å². The average molecular weight is 285 g/mol. The summed E-state index contributed by atoms with van der Waals surface area (Å²) in [7, 11) is 1.86. The highest BCUT2D eigenvalue weighted by Gasteiger charge is 2.20. The Labute approximate surface area is 122 Å². The first kappa shape index (κ1) is 12.4. The zero-order valence-corrected chi connectivity index (χ0v) is 11.7. The summed E-state index contributed by atoms with van der Waals surface area (Å²) in [5.41, 5.74) is 3.02. The van der Waals surface area contributed by atoms with E-state index in [9.17, 15) is 0 Å². The minimum Gasteiger partial charge on any atom is -0.454 e. The first-order chi connectivity index (χ1) is 10.3. The molecule has 0 unspecified atom stereocenters. The first-order valence-electron chi connectivity index (χ1n) is 6.90. The summed E-state index contributed by atoms with van der Waals surface area (Å²) in [6.07, 6.45) is 0.810. The summed E-state index contributed by atoms with van der Waals surface area (Å²) in [5, 5.41) is 3.13. The molecule has 108 valence electrons. The molecule has 2 aliphatic rings. The van der Waals surface area contributed by atoms with Gasteiger partial charge in [-0.05, 0) is 18.2 Å². The molecular formula is C15H15N3O3. The van der Waals surface area contributed by atoms with Gasteiger partial charge in [0.1, 0.15) is 5.82 Å². The Morgan fingerprint density at radius 3 is 2.95 bits per heavy atom. The van der Waals surface area contributed by atoms with E-state index in [2.05, 4.69) is 10.3 Å². The van der Waals surface area contributed by atoms with E-state index >= 15 is 0 Å². The van der Waals surface area contributed by atoms with Gasteiger partial charge in [0, 0.05) is 24.6 Å². The van der Waals surface area contributed by atoms with Gasteiger partial charge >= 0.3 is 0 Å². The average Bonchev–Trinajstić information content (AvgIpc) is 3.01. The molecule has 0 saturated carbocycles. The van der Waals surface area contributed by atoms with Crippen LogP contribution in [0.5, 0.6) is 11.5 Å². The molecule has 2 aromatic rings. The number of hydrogen-bond acceptors (Lipinski definition) is 6. The van der Waals surface area contributed by atoms with Gasteiger partial charge < -0.3 is 19.5 Å². The van der Waals surface area contributed by atoms with Crippen molar-refractivity contribution in [1.82, 2.24) is 9.97 Å². The summed E-state index contributed by atoms with van der Waals surface area (Å²) in [6, 6.07) is 5.76. The van der Waals surface area contributed by atoms with Crippen molar-refractivity contribution in [2.24, 2.45) is 0 Å². The largest absolute Gasteiger partial charge is 0.454 e. The van der Waals surface area contributed by atoms with Crippen molar-refractivity contribution in [3.8, 4) is 22.9 Å². The molecule has 6 heteroatoms. The van der Waals surface area contributed by atoms with Crippen molar-refractivity contribution in [3.63, 3.8) is 0 Å². The standard InChI is InChI=1S/C15H15N3O3/c1-16-15-10-7-19-5-4-11(10)17-14(18-15)9-2-3-12-13(6-9)21-8-20-12/h2-3,6H,4-5,7-8H2,1H3,(H,16,17,18). The third-order valence-corrected chi connectivity index (χ3v) is 3.69. The van der Waals surface area contributed by atoms with Crippen LogP contribution in [0.3, 0.4) is 0 Å². The van der Waals surface area contributed by atoms with E-state index in [0.29, 0.717) is 19.0 Å². The normalized spacial score (nSPS) is 15.7. The molecule has 1 aromatic heterocycles. The second-order valence-electron chi connectivity index (χ2n) is 4.94. The number of anilines is 1. The topological polar surface area (TPSA) is 65.5 Å². The van der Waals surface area contributed by atoms with E-state index in [4.69, 9.17) is 19.2 Å². The van der Waals surface area contributed by atoms with Crippen molar-refractivity contribution < 1.29 is 14.2 Å². The van der Waals surface area contributed by atoms with Crippen LogP contribution in [0, 0.1) is 0 Å². The Morgan fingerprint density at radius 1 is 1.14 bits per heavy atom. The molecule has 0 radical (unpaired) electrons. The summed E-state index contributed by atoms with van der Waals surface area (Å²) in [4.78, 5) is 9.29. The van der Waals surface area contributed by atoms with Gasteiger partial charge in [-0.1, -0.05) is 0 Å². The highest BCUT2D eigenvalue weighted by Crippen LogP contribution is 2.35. The van der Waals surface area contributed by atoms with Crippen LogP contribution in [0.1, 0.15) is 11.3 Å². The zero-order valence-electron chi connectivity index (χ0n) is 11.7. The van der Waals surface area contributed by atoms with Crippen molar-refractivity contribution in [3.05, 3.63) is 29.5 Å². The maximum Gasteiger partial charge on any atom is 0.231 e. The molecule has 6 nitrogen and oxygen atoms in total. The predicted molar refractivity (Wildman–Crippen MR) is 76.5 cm³/mol. The SMILES string of the molecule is CNc1nc(-c2ccc3c(c2)OCO3)nc2c1COCC2. The fraction of sp³-hybridized carbons (Fsp3) is 0.333. The predicted octanol–water partition coefficient (Wildman–Crippen LogP) is 1.99. The summed E-state index contributed by atoms with van der Waals surface area (Å²) >= 11 is 0. The van der Waals surface area contributed by atoms with Gasteiger partial charge in [-0.3, -0.25) is 0 Å². The van der Waals surface area contributed by atoms with Crippen LogP contribution in [-0.4, -0.2) is 30.4 Å². The minimum atomic E-state index is 0.267. The second kappa shape index (κ2) is 4.89. The van der Waals surface area contributed by atoms with Gasteiger partial charge in [0.2, 0.25) is 6.79 Å². The van der Waals surface area contributed by atoms with E-state index in [1.165, 1.54) is 0 Å². The smallest absolute Gasteiger partial charge is 0.231 e. The van der Waals surface area contributed by atoms with Gasteiger partial charge in [-0.25, -0.2) is 9.97 Å². The molecular weight excluding hydrogens is 270 g/mol. The zero-order chi connectivity index (χ0) is 14.2. The molecule has 1 N–H and O–H groups in total. The number of ether oxygens (including phenoxy) is 3. The van der Waals surface area contributed by atoms with Crippen LogP contribution in [0.2, 0.25) is 0 Å². The lowest BCUT2D eigenvalue weighted by atomic mass is 10.1. The maximum atomic E-state index is 5.49. The van der Waals surface area contributed by atoms with Crippen LogP contribution in [0.15, 0.2) is 18.2 Å². The number of nitrogens with zero attached hydrogens (tertiary/aromatic N) is 2. The molecule has 1 aromatic carbocycles. The highest BCUT2D eigenvalue weighted by atomic mass is 16.7. The molecule has 0 spiro atoms. The Kier molecular flexibility index (Phi) is 2.89. The number of nitrogens with one attached hydrogen (secondary N) is 1. The van der Waals surface area contributed by atoms with E-state index in [1.54, 1.807) is 0 Å². The minimum absolute atomic E-state index is 0.267. The van der Waals surface area contributed by atoms with Gasteiger partial charge in [0.05, 0.1) is 18.9 Å². The van der Waals surface area contributed by atoms with E-state index in [0.717, 1.165) is 40.6 Å². The fourth-order valence-electron chi connectivity index (χ4n) is 2.60. The van der Waals surface area contributed by atoms with Crippen LogP contribution in [-0.2, 0) is 17.8 Å². The lowest BCUT2D eigenvalue weighted by Crippen LogP contribution is -2.16. The summed E-state index contributed by atoms with van der Waals surface area (Å²) in [6.45, 7) is 1.53. The second-order valence-corrected chi connectivity index (χ2v) is 4.94. The number of rotatable bonds is 2. The Morgan fingerprint density at radius 2 is 2.05 bits per heavy atom. The third kappa shape index (κ3) is 2.08. The fourth-order valence-corrected chi connectivity index (χ4v) is 2.60. The van der Waals surface area contributed by atoms with Gasteiger partial charge in [0.25, 0.3) is 0 Å². The lowest BCUT2D eigenvalue weighted by molar-refractivity contribution is 0.109. The molecule has 0 bridgehead atoms. The molecule has 0 amide bonds. The molecule has 0 fully saturated rings. The molecule has 21 heavy (non-hydrogen) atoms. The Hall–Kier alpha value is -2.34. The van der Waals surface area contributed by atoms with E-state index in [-0.39, 0.29) is 6.79 Å². The molecule has 3 heterocycles.